The van der Waals surface area contributed by atoms with Crippen molar-refractivity contribution >= 4 is 35.6 Å². The number of carbonyl (C=O) groups excluding carboxylic acids is 4. The van der Waals surface area contributed by atoms with Crippen molar-refractivity contribution in [3.05, 3.63) is 0 Å². The van der Waals surface area contributed by atoms with Crippen LogP contribution in [0.25, 0.3) is 0 Å². The van der Waals surface area contributed by atoms with Gasteiger partial charge in [0.25, 0.3) is 0 Å². The fourth-order valence-electron chi connectivity index (χ4n) is 3.38. The highest BCUT2D eigenvalue weighted by atomic mass is 16.4. The first-order chi connectivity index (χ1) is 14.8. The van der Waals surface area contributed by atoms with Gasteiger partial charge in [-0.3, -0.25) is 24.0 Å². The Labute approximate surface area is 184 Å². The molecule has 0 spiro atoms. The molecule has 180 valence electrons. The lowest BCUT2D eigenvalue weighted by Crippen LogP contribution is -2.58. The van der Waals surface area contributed by atoms with Gasteiger partial charge in [-0.1, -0.05) is 13.8 Å². The molecule has 13 heteroatoms. The third kappa shape index (κ3) is 7.80. The maximum atomic E-state index is 12.9. The molecule has 1 aliphatic heterocycles. The predicted molar refractivity (Wildman–Crippen MR) is 110 cm³/mol. The minimum Gasteiger partial charge on any atom is -0.481 e. The average Bonchev–Trinajstić information content (AvgIpc) is 3.17. The molecular formula is C19H31N5O8. The van der Waals surface area contributed by atoms with E-state index in [2.05, 4.69) is 10.6 Å². The largest absolute Gasteiger partial charge is 0.481 e. The minimum absolute atomic E-state index is 0.168. The van der Waals surface area contributed by atoms with Crippen LogP contribution in [0.2, 0.25) is 0 Å². The van der Waals surface area contributed by atoms with Crippen LogP contribution in [-0.2, 0) is 28.8 Å². The highest BCUT2D eigenvalue weighted by molar-refractivity contribution is 5.95. The van der Waals surface area contributed by atoms with Crippen LogP contribution in [0, 0.1) is 5.92 Å². The van der Waals surface area contributed by atoms with Gasteiger partial charge in [-0.05, 0) is 25.2 Å². The van der Waals surface area contributed by atoms with E-state index in [1.54, 1.807) is 13.8 Å². The molecule has 0 aromatic carbocycles. The fraction of sp³-hybridized carbons (Fsp3) is 0.684. The van der Waals surface area contributed by atoms with Gasteiger partial charge < -0.3 is 37.2 Å². The van der Waals surface area contributed by atoms with Crippen molar-refractivity contribution in [1.29, 1.82) is 0 Å². The smallest absolute Gasteiger partial charge is 0.326 e. The summed E-state index contributed by atoms with van der Waals surface area (Å²) in [7, 11) is 0. The Kier molecular flexibility index (Phi) is 10.0. The molecule has 0 radical (unpaired) electrons. The van der Waals surface area contributed by atoms with Crippen molar-refractivity contribution in [1.82, 2.24) is 15.5 Å². The average molecular weight is 457 g/mol. The Morgan fingerprint density at radius 1 is 1.06 bits per heavy atom. The number of likely N-dealkylation sites (tertiary alicyclic amines) is 1. The van der Waals surface area contributed by atoms with Crippen LogP contribution in [0.4, 0.5) is 0 Å². The lowest BCUT2D eigenvalue weighted by molar-refractivity contribution is -0.150. The number of hydrogen-bond acceptors (Lipinski definition) is 7. The molecule has 0 saturated carbocycles. The van der Waals surface area contributed by atoms with E-state index in [0.717, 1.165) is 4.90 Å². The van der Waals surface area contributed by atoms with Crippen molar-refractivity contribution in [3.8, 4) is 0 Å². The van der Waals surface area contributed by atoms with Gasteiger partial charge in [0.1, 0.15) is 18.1 Å². The number of nitrogens with zero attached hydrogens (tertiary/aromatic N) is 1. The second-order valence-electron chi connectivity index (χ2n) is 8.03. The summed E-state index contributed by atoms with van der Waals surface area (Å²) in [6, 6.07) is -4.77. The third-order valence-corrected chi connectivity index (χ3v) is 5.09. The van der Waals surface area contributed by atoms with Crippen LogP contribution < -0.4 is 22.1 Å². The molecule has 0 aromatic heterocycles. The quantitative estimate of drug-likeness (QED) is 0.186. The fourth-order valence-corrected chi connectivity index (χ4v) is 3.38. The number of amides is 4. The van der Waals surface area contributed by atoms with E-state index in [1.165, 1.54) is 0 Å². The lowest BCUT2D eigenvalue weighted by Gasteiger charge is -2.29. The summed E-state index contributed by atoms with van der Waals surface area (Å²) >= 11 is 0. The van der Waals surface area contributed by atoms with Crippen LogP contribution in [0.3, 0.4) is 0 Å². The zero-order chi connectivity index (χ0) is 24.6. The molecule has 32 heavy (non-hydrogen) atoms. The van der Waals surface area contributed by atoms with E-state index < -0.39 is 78.5 Å². The SMILES string of the molecule is CC(C)C(NC(=O)C(N)CC(N)=O)C(=O)NC(CCC(=O)O)C(=O)N1CCCC1C(=O)O. The second-order valence-corrected chi connectivity index (χ2v) is 8.03. The molecule has 0 bridgehead atoms. The van der Waals surface area contributed by atoms with Crippen molar-refractivity contribution < 1.29 is 39.0 Å². The van der Waals surface area contributed by atoms with Crippen LogP contribution in [0.5, 0.6) is 0 Å². The Morgan fingerprint density at radius 2 is 1.69 bits per heavy atom. The summed E-state index contributed by atoms with van der Waals surface area (Å²) in [5, 5.41) is 23.2. The Hall–Kier alpha value is -3.22. The van der Waals surface area contributed by atoms with E-state index in [4.69, 9.17) is 16.6 Å². The second kappa shape index (κ2) is 12.0. The van der Waals surface area contributed by atoms with Crippen LogP contribution >= 0.6 is 0 Å². The summed E-state index contributed by atoms with van der Waals surface area (Å²) in [6.45, 7) is 3.42. The summed E-state index contributed by atoms with van der Waals surface area (Å²) < 4.78 is 0. The summed E-state index contributed by atoms with van der Waals surface area (Å²) in [6.07, 6.45) is -0.412. The van der Waals surface area contributed by atoms with Crippen molar-refractivity contribution in [3.63, 3.8) is 0 Å². The number of hydrogen-bond donors (Lipinski definition) is 6. The van der Waals surface area contributed by atoms with Gasteiger partial charge in [-0.2, -0.15) is 0 Å². The number of carboxylic acid groups (broad SMARTS) is 2. The number of carbonyl (C=O) groups is 6. The van der Waals surface area contributed by atoms with Crippen LogP contribution in [-0.4, -0.2) is 81.4 Å². The molecule has 0 aromatic rings. The Bertz CT molecular complexity index is 756. The molecule has 1 fully saturated rings. The van der Waals surface area contributed by atoms with Crippen LogP contribution in [0.15, 0.2) is 0 Å². The molecule has 1 rings (SSSR count). The van der Waals surface area contributed by atoms with Gasteiger partial charge in [0.15, 0.2) is 0 Å². The standard InChI is InChI=1S/C19H31N5O8/c1-9(2)15(23-16(28)10(20)8-13(21)25)17(29)22-11(5-6-14(26)27)18(30)24-7-3-4-12(24)19(31)32/h9-12,15H,3-8,20H2,1-2H3,(H2,21,25)(H,22,29)(H,23,28)(H,26,27)(H,31,32). The number of primary amides is 1. The number of carboxylic acids is 2. The first-order valence-corrected chi connectivity index (χ1v) is 10.2. The summed E-state index contributed by atoms with van der Waals surface area (Å²) in [5.41, 5.74) is 10.6. The minimum atomic E-state index is -1.30. The first-order valence-electron chi connectivity index (χ1n) is 10.2. The van der Waals surface area contributed by atoms with Crippen molar-refractivity contribution in [2.24, 2.45) is 17.4 Å². The highest BCUT2D eigenvalue weighted by Crippen LogP contribution is 2.20. The molecular weight excluding hydrogens is 426 g/mol. The number of aliphatic carboxylic acids is 2. The molecule has 13 nitrogen and oxygen atoms in total. The Morgan fingerprint density at radius 3 is 2.19 bits per heavy atom. The van der Waals surface area contributed by atoms with Crippen molar-refractivity contribution in [2.75, 3.05) is 6.54 Å². The number of rotatable bonds is 12. The van der Waals surface area contributed by atoms with E-state index in [9.17, 15) is 33.9 Å². The molecule has 0 aliphatic carbocycles. The maximum Gasteiger partial charge on any atom is 0.326 e. The van der Waals surface area contributed by atoms with Gasteiger partial charge in [-0.15, -0.1) is 0 Å². The van der Waals surface area contributed by atoms with Gasteiger partial charge >= 0.3 is 11.9 Å². The predicted octanol–water partition coefficient (Wildman–Crippen LogP) is -2.24. The van der Waals surface area contributed by atoms with E-state index in [1.807, 2.05) is 0 Å². The molecule has 1 aliphatic rings. The molecule has 1 heterocycles. The Balaban J connectivity index is 2.99. The summed E-state index contributed by atoms with van der Waals surface area (Å²) in [4.78, 5) is 72.5. The summed E-state index contributed by atoms with van der Waals surface area (Å²) in [5.74, 6) is -5.89. The molecule has 4 unspecified atom stereocenters. The van der Waals surface area contributed by atoms with Gasteiger partial charge in [0, 0.05) is 13.0 Å². The molecule has 8 N–H and O–H groups in total. The molecule has 4 atom stereocenters. The van der Waals surface area contributed by atoms with E-state index in [0.29, 0.717) is 6.42 Å². The zero-order valence-corrected chi connectivity index (χ0v) is 18.1. The lowest BCUT2D eigenvalue weighted by atomic mass is 10.0. The monoisotopic (exact) mass is 457 g/mol. The van der Waals surface area contributed by atoms with Crippen molar-refractivity contribution in [2.45, 2.75) is 70.1 Å². The maximum absolute atomic E-state index is 12.9. The third-order valence-electron chi connectivity index (χ3n) is 5.09. The van der Waals surface area contributed by atoms with E-state index in [-0.39, 0.29) is 19.4 Å². The van der Waals surface area contributed by atoms with Gasteiger partial charge in [0.05, 0.1) is 12.5 Å². The van der Waals surface area contributed by atoms with E-state index >= 15 is 0 Å². The topological polar surface area (TPSA) is 222 Å². The highest BCUT2D eigenvalue weighted by Gasteiger charge is 2.38. The zero-order valence-electron chi connectivity index (χ0n) is 18.1. The van der Waals surface area contributed by atoms with Gasteiger partial charge in [0.2, 0.25) is 23.6 Å². The van der Waals surface area contributed by atoms with Gasteiger partial charge in [-0.25, -0.2) is 4.79 Å². The molecule has 4 amide bonds. The molecule has 1 saturated heterocycles. The number of nitrogens with one attached hydrogen (secondary N) is 2. The first kappa shape index (κ1) is 26.8. The van der Waals surface area contributed by atoms with Crippen LogP contribution in [0.1, 0.15) is 46.0 Å². The number of nitrogens with two attached hydrogens (primary N) is 2. The normalized spacial score (nSPS) is 18.5.